The van der Waals surface area contributed by atoms with Crippen LogP contribution in [-0.4, -0.2) is 42.9 Å². The van der Waals surface area contributed by atoms with Crippen LogP contribution in [-0.2, 0) is 4.74 Å². The Labute approximate surface area is 105 Å². The van der Waals surface area contributed by atoms with Crippen molar-refractivity contribution in [3.8, 4) is 6.07 Å². The molecule has 0 aliphatic carbocycles. The molecule has 18 heavy (non-hydrogen) atoms. The summed E-state index contributed by atoms with van der Waals surface area (Å²) in [4.78, 5) is 16.5. The van der Waals surface area contributed by atoms with Crippen LogP contribution in [0.4, 0.5) is 5.69 Å². The number of hydrogen-bond donors (Lipinski definition) is 1. The molecule has 0 aliphatic rings. The van der Waals surface area contributed by atoms with Crippen molar-refractivity contribution < 1.29 is 14.6 Å². The molecule has 0 radical (unpaired) electrons. The van der Waals surface area contributed by atoms with Gasteiger partial charge in [0.25, 0.3) is 0 Å². The summed E-state index contributed by atoms with van der Waals surface area (Å²) in [5, 5.41) is 17.5. The topological polar surface area (TPSA) is 86.5 Å². The number of aromatic nitrogens is 1. The standard InChI is InChI=1S/C12H15N3O3/c1-18-8-7-15(6-2-4-13)10-3-5-14-11(9-10)12(16)17/h3,5,9H,2,6-8H2,1H3,(H,16,17). The Morgan fingerprint density at radius 1 is 1.61 bits per heavy atom. The highest BCUT2D eigenvalue weighted by atomic mass is 16.5. The van der Waals surface area contributed by atoms with Crippen molar-refractivity contribution >= 4 is 11.7 Å². The molecule has 96 valence electrons. The molecule has 0 fully saturated rings. The summed E-state index contributed by atoms with van der Waals surface area (Å²) in [6.07, 6.45) is 1.82. The molecule has 1 aromatic heterocycles. The molecule has 0 atom stereocenters. The number of carboxylic acids is 1. The van der Waals surface area contributed by atoms with Crippen LogP contribution in [0.5, 0.6) is 0 Å². The first kappa shape index (κ1) is 13.9. The highest BCUT2D eigenvalue weighted by molar-refractivity contribution is 5.86. The van der Waals surface area contributed by atoms with E-state index in [-0.39, 0.29) is 5.69 Å². The lowest BCUT2D eigenvalue weighted by atomic mass is 10.2. The van der Waals surface area contributed by atoms with Gasteiger partial charge in [-0.2, -0.15) is 5.26 Å². The summed E-state index contributed by atoms with van der Waals surface area (Å²) in [5.74, 6) is -1.07. The Balaban J connectivity index is 2.86. The van der Waals surface area contributed by atoms with E-state index in [1.807, 2.05) is 4.90 Å². The summed E-state index contributed by atoms with van der Waals surface area (Å²) in [6, 6.07) is 5.28. The quantitative estimate of drug-likeness (QED) is 0.780. The van der Waals surface area contributed by atoms with Crippen LogP contribution in [0.3, 0.4) is 0 Å². The zero-order chi connectivity index (χ0) is 13.4. The second-order valence-corrected chi connectivity index (χ2v) is 3.59. The van der Waals surface area contributed by atoms with Crippen LogP contribution in [0.25, 0.3) is 0 Å². The second-order valence-electron chi connectivity index (χ2n) is 3.59. The number of carbonyl (C=O) groups is 1. The molecular formula is C12H15N3O3. The fourth-order valence-corrected chi connectivity index (χ4v) is 1.49. The van der Waals surface area contributed by atoms with Gasteiger partial charge >= 0.3 is 5.97 Å². The first-order chi connectivity index (χ1) is 8.69. The van der Waals surface area contributed by atoms with Gasteiger partial charge in [0.15, 0.2) is 0 Å². The number of anilines is 1. The van der Waals surface area contributed by atoms with Gasteiger partial charge in [0.1, 0.15) is 5.69 Å². The van der Waals surface area contributed by atoms with Crippen molar-refractivity contribution in [2.45, 2.75) is 6.42 Å². The number of carboxylic acid groups (broad SMARTS) is 1. The molecule has 6 heteroatoms. The maximum absolute atomic E-state index is 10.8. The summed E-state index contributed by atoms with van der Waals surface area (Å²) in [5.41, 5.74) is 0.724. The third-order valence-electron chi connectivity index (χ3n) is 2.39. The zero-order valence-corrected chi connectivity index (χ0v) is 10.2. The van der Waals surface area contributed by atoms with Crippen molar-refractivity contribution in [1.29, 1.82) is 5.26 Å². The monoisotopic (exact) mass is 249 g/mol. The first-order valence-electron chi connectivity index (χ1n) is 5.49. The van der Waals surface area contributed by atoms with Crippen LogP contribution >= 0.6 is 0 Å². The molecular weight excluding hydrogens is 234 g/mol. The lowest BCUT2D eigenvalue weighted by molar-refractivity contribution is 0.0690. The minimum atomic E-state index is -1.07. The van der Waals surface area contributed by atoms with Gasteiger partial charge in [-0.1, -0.05) is 0 Å². The second kappa shape index (κ2) is 7.25. The third-order valence-corrected chi connectivity index (χ3v) is 2.39. The predicted octanol–water partition coefficient (Wildman–Crippen LogP) is 1.15. The molecule has 1 heterocycles. The molecule has 0 unspecified atom stereocenters. The minimum Gasteiger partial charge on any atom is -0.477 e. The summed E-state index contributed by atoms with van der Waals surface area (Å²) >= 11 is 0. The number of rotatable bonds is 7. The number of ether oxygens (including phenoxy) is 1. The minimum absolute atomic E-state index is 0.00752. The molecule has 0 amide bonds. The molecule has 0 saturated heterocycles. The predicted molar refractivity (Wildman–Crippen MR) is 65.5 cm³/mol. The smallest absolute Gasteiger partial charge is 0.354 e. The van der Waals surface area contributed by atoms with Gasteiger partial charge in [-0.05, 0) is 12.1 Å². The molecule has 6 nitrogen and oxygen atoms in total. The van der Waals surface area contributed by atoms with Gasteiger partial charge in [0.05, 0.1) is 19.1 Å². The van der Waals surface area contributed by atoms with E-state index in [1.54, 1.807) is 13.2 Å². The Bertz CT molecular complexity index is 442. The Kier molecular flexibility index (Phi) is 5.61. The third kappa shape index (κ3) is 4.03. The Morgan fingerprint density at radius 2 is 2.39 bits per heavy atom. The van der Waals surface area contributed by atoms with Crippen LogP contribution in [0.1, 0.15) is 16.9 Å². The van der Waals surface area contributed by atoms with Gasteiger partial charge < -0.3 is 14.7 Å². The van der Waals surface area contributed by atoms with Gasteiger partial charge in [0, 0.05) is 32.1 Å². The van der Waals surface area contributed by atoms with E-state index in [0.717, 1.165) is 5.69 Å². The highest BCUT2D eigenvalue weighted by Gasteiger charge is 2.10. The normalized spacial score (nSPS) is 9.78. The Morgan fingerprint density at radius 3 is 3.00 bits per heavy atom. The van der Waals surface area contributed by atoms with E-state index in [0.29, 0.717) is 26.1 Å². The summed E-state index contributed by atoms with van der Waals surface area (Å²) in [7, 11) is 1.59. The van der Waals surface area contributed by atoms with Crippen molar-refractivity contribution in [3.05, 3.63) is 24.0 Å². The molecule has 1 aromatic rings. The number of nitrogens with zero attached hydrogens (tertiary/aromatic N) is 3. The van der Waals surface area contributed by atoms with E-state index in [1.165, 1.54) is 12.3 Å². The lowest BCUT2D eigenvalue weighted by Gasteiger charge is -2.23. The van der Waals surface area contributed by atoms with Crippen molar-refractivity contribution in [2.75, 3.05) is 31.7 Å². The van der Waals surface area contributed by atoms with E-state index < -0.39 is 5.97 Å². The number of pyridine rings is 1. The van der Waals surface area contributed by atoms with Crippen molar-refractivity contribution in [1.82, 2.24) is 4.98 Å². The average molecular weight is 249 g/mol. The number of hydrogen-bond acceptors (Lipinski definition) is 5. The molecule has 0 aliphatic heterocycles. The van der Waals surface area contributed by atoms with E-state index in [9.17, 15) is 4.79 Å². The maximum Gasteiger partial charge on any atom is 0.354 e. The number of aromatic carboxylic acids is 1. The fraction of sp³-hybridized carbons (Fsp3) is 0.417. The first-order valence-corrected chi connectivity index (χ1v) is 5.49. The molecule has 1 rings (SSSR count). The highest BCUT2D eigenvalue weighted by Crippen LogP contribution is 2.14. The summed E-state index contributed by atoms with van der Waals surface area (Å²) < 4.78 is 4.99. The van der Waals surface area contributed by atoms with Crippen LogP contribution in [0.15, 0.2) is 18.3 Å². The van der Waals surface area contributed by atoms with Crippen molar-refractivity contribution in [3.63, 3.8) is 0 Å². The van der Waals surface area contributed by atoms with Gasteiger partial charge in [0.2, 0.25) is 0 Å². The Hall–Kier alpha value is -2.13. The van der Waals surface area contributed by atoms with E-state index >= 15 is 0 Å². The lowest BCUT2D eigenvalue weighted by Crippen LogP contribution is -2.28. The average Bonchev–Trinajstić information content (AvgIpc) is 2.39. The van der Waals surface area contributed by atoms with Gasteiger partial charge in [-0.25, -0.2) is 9.78 Å². The maximum atomic E-state index is 10.8. The fourth-order valence-electron chi connectivity index (χ4n) is 1.49. The largest absolute Gasteiger partial charge is 0.477 e. The van der Waals surface area contributed by atoms with Crippen LogP contribution < -0.4 is 4.90 Å². The number of methoxy groups -OCH3 is 1. The van der Waals surface area contributed by atoms with Gasteiger partial charge in [-0.3, -0.25) is 0 Å². The summed E-state index contributed by atoms with van der Waals surface area (Å²) in [6.45, 7) is 1.64. The molecule has 0 spiro atoms. The van der Waals surface area contributed by atoms with Crippen LogP contribution in [0.2, 0.25) is 0 Å². The molecule has 0 aromatic carbocycles. The molecule has 1 N–H and O–H groups in total. The van der Waals surface area contributed by atoms with Crippen LogP contribution in [0, 0.1) is 11.3 Å². The molecule has 0 saturated carbocycles. The van der Waals surface area contributed by atoms with E-state index in [2.05, 4.69) is 11.1 Å². The number of nitriles is 1. The van der Waals surface area contributed by atoms with Gasteiger partial charge in [-0.15, -0.1) is 0 Å². The zero-order valence-electron chi connectivity index (χ0n) is 10.2. The SMILES string of the molecule is COCCN(CCC#N)c1ccnc(C(=O)O)c1. The van der Waals surface area contributed by atoms with E-state index in [4.69, 9.17) is 15.1 Å². The van der Waals surface area contributed by atoms with Crippen molar-refractivity contribution in [2.24, 2.45) is 0 Å². The molecule has 0 bridgehead atoms.